The molecular formula is C16H17NO3. The first kappa shape index (κ1) is 13.9. The molecule has 1 N–H and O–H groups in total. The third kappa shape index (κ3) is 3.75. The van der Waals surface area contributed by atoms with Gasteiger partial charge in [-0.05, 0) is 24.3 Å². The molecule has 0 bridgehead atoms. The Bertz CT molecular complexity index is 555. The van der Waals surface area contributed by atoms with Crippen LogP contribution in [0.1, 0.15) is 10.4 Å². The van der Waals surface area contributed by atoms with Crippen molar-refractivity contribution in [3.8, 4) is 5.75 Å². The summed E-state index contributed by atoms with van der Waals surface area (Å²) in [5.74, 6) is 0.408. The second-order valence-corrected chi connectivity index (χ2v) is 4.09. The van der Waals surface area contributed by atoms with Crippen LogP contribution < -0.4 is 10.1 Å². The van der Waals surface area contributed by atoms with E-state index in [-0.39, 0.29) is 12.6 Å². The topological polar surface area (TPSA) is 47.6 Å². The summed E-state index contributed by atoms with van der Waals surface area (Å²) in [4.78, 5) is 11.9. The highest BCUT2D eigenvalue weighted by Gasteiger charge is 2.11. The number of esters is 1. The molecule has 4 nitrogen and oxygen atoms in total. The largest absolute Gasteiger partial charge is 0.490 e. The van der Waals surface area contributed by atoms with Crippen LogP contribution >= 0.6 is 0 Å². The van der Waals surface area contributed by atoms with Crippen molar-refractivity contribution in [1.82, 2.24) is 0 Å². The minimum atomic E-state index is -0.355. The van der Waals surface area contributed by atoms with Gasteiger partial charge in [-0.15, -0.1) is 0 Å². The second-order valence-electron chi connectivity index (χ2n) is 4.09. The van der Waals surface area contributed by atoms with Gasteiger partial charge in [-0.2, -0.15) is 0 Å². The van der Waals surface area contributed by atoms with Crippen LogP contribution in [0.2, 0.25) is 0 Å². The Morgan fingerprint density at radius 2 is 1.70 bits per heavy atom. The Kier molecular flexibility index (Phi) is 5.00. The molecule has 0 saturated carbocycles. The Balaban J connectivity index is 1.81. The maximum atomic E-state index is 11.9. The second kappa shape index (κ2) is 7.19. The molecular weight excluding hydrogens is 254 g/mol. The molecule has 0 atom stereocenters. The Labute approximate surface area is 118 Å². The maximum absolute atomic E-state index is 11.9. The zero-order valence-electron chi connectivity index (χ0n) is 11.3. The van der Waals surface area contributed by atoms with Gasteiger partial charge in [0.05, 0.1) is 5.56 Å². The smallest absolute Gasteiger partial charge is 0.340 e. The van der Waals surface area contributed by atoms with E-state index in [2.05, 4.69) is 5.32 Å². The van der Waals surface area contributed by atoms with Crippen LogP contribution in [0.3, 0.4) is 0 Å². The van der Waals surface area contributed by atoms with Crippen molar-refractivity contribution in [3.05, 3.63) is 60.2 Å². The van der Waals surface area contributed by atoms with Crippen LogP contribution in [0.15, 0.2) is 54.6 Å². The number of nitrogens with one attached hydrogen (secondary N) is 1. The lowest BCUT2D eigenvalue weighted by molar-refractivity contribution is 0.0451. The maximum Gasteiger partial charge on any atom is 0.340 e. The molecule has 0 aromatic heterocycles. The lowest BCUT2D eigenvalue weighted by atomic mass is 10.2. The molecule has 0 spiro atoms. The number of benzene rings is 2. The van der Waals surface area contributed by atoms with Crippen LogP contribution in [-0.2, 0) is 4.74 Å². The number of hydrogen-bond donors (Lipinski definition) is 1. The Morgan fingerprint density at radius 3 is 2.45 bits per heavy atom. The molecule has 0 radical (unpaired) electrons. The van der Waals surface area contributed by atoms with Gasteiger partial charge in [-0.1, -0.05) is 30.3 Å². The summed E-state index contributed by atoms with van der Waals surface area (Å²) in [6.45, 7) is 0.545. The van der Waals surface area contributed by atoms with E-state index in [4.69, 9.17) is 9.47 Å². The molecule has 0 aliphatic rings. The summed E-state index contributed by atoms with van der Waals surface area (Å²) in [6.07, 6.45) is 0. The van der Waals surface area contributed by atoms with E-state index in [1.807, 2.05) is 42.5 Å². The molecule has 2 aromatic rings. The molecule has 0 aliphatic carbocycles. The molecule has 2 aromatic carbocycles. The highest BCUT2D eigenvalue weighted by Crippen LogP contribution is 2.15. The first-order chi connectivity index (χ1) is 9.81. The van der Waals surface area contributed by atoms with Gasteiger partial charge in [0.25, 0.3) is 0 Å². The van der Waals surface area contributed by atoms with Gasteiger partial charge in [0.2, 0.25) is 0 Å². The van der Waals surface area contributed by atoms with E-state index in [1.54, 1.807) is 19.2 Å². The van der Waals surface area contributed by atoms with Gasteiger partial charge >= 0.3 is 5.97 Å². The van der Waals surface area contributed by atoms with E-state index in [1.165, 1.54) is 0 Å². The lowest BCUT2D eigenvalue weighted by Crippen LogP contribution is -2.13. The molecule has 20 heavy (non-hydrogen) atoms. The number of carbonyl (C=O) groups excluding carboxylic acids is 1. The summed E-state index contributed by atoms with van der Waals surface area (Å²) in [6, 6.07) is 16.6. The minimum Gasteiger partial charge on any atom is -0.490 e. The third-order valence-corrected chi connectivity index (χ3v) is 2.74. The summed E-state index contributed by atoms with van der Waals surface area (Å²) >= 11 is 0. The van der Waals surface area contributed by atoms with Gasteiger partial charge < -0.3 is 14.8 Å². The van der Waals surface area contributed by atoms with Crippen molar-refractivity contribution in [2.45, 2.75) is 0 Å². The number of para-hydroxylation sites is 2. The highest BCUT2D eigenvalue weighted by atomic mass is 16.6. The molecule has 2 rings (SSSR count). The molecule has 0 unspecified atom stereocenters. The number of carbonyl (C=O) groups is 1. The number of anilines is 1. The quantitative estimate of drug-likeness (QED) is 0.648. The van der Waals surface area contributed by atoms with Crippen molar-refractivity contribution in [3.63, 3.8) is 0 Å². The fourth-order valence-corrected chi connectivity index (χ4v) is 1.77. The summed E-state index contributed by atoms with van der Waals surface area (Å²) in [5.41, 5.74) is 1.27. The van der Waals surface area contributed by atoms with E-state index in [0.29, 0.717) is 12.2 Å². The average Bonchev–Trinajstić information content (AvgIpc) is 2.52. The highest BCUT2D eigenvalue weighted by molar-refractivity contribution is 5.95. The Hall–Kier alpha value is -2.49. The monoisotopic (exact) mass is 271 g/mol. The predicted molar refractivity (Wildman–Crippen MR) is 78.2 cm³/mol. The van der Waals surface area contributed by atoms with Gasteiger partial charge in [0, 0.05) is 12.7 Å². The van der Waals surface area contributed by atoms with E-state index in [9.17, 15) is 4.79 Å². The molecule has 0 saturated heterocycles. The predicted octanol–water partition coefficient (Wildman–Crippen LogP) is 2.96. The van der Waals surface area contributed by atoms with E-state index in [0.717, 1.165) is 11.4 Å². The number of rotatable bonds is 6. The fraction of sp³-hybridized carbons (Fsp3) is 0.188. The van der Waals surface area contributed by atoms with Crippen molar-refractivity contribution in [2.75, 3.05) is 25.6 Å². The minimum absolute atomic E-state index is 0.214. The molecule has 0 amide bonds. The van der Waals surface area contributed by atoms with Crippen LogP contribution in [0.25, 0.3) is 0 Å². The number of hydrogen-bond acceptors (Lipinski definition) is 4. The number of ether oxygens (including phenoxy) is 2. The van der Waals surface area contributed by atoms with Crippen LogP contribution in [0.5, 0.6) is 5.75 Å². The normalized spacial score (nSPS) is 9.85. The van der Waals surface area contributed by atoms with Crippen molar-refractivity contribution in [1.29, 1.82) is 0 Å². The summed E-state index contributed by atoms with van der Waals surface area (Å²) < 4.78 is 10.6. The van der Waals surface area contributed by atoms with Crippen LogP contribution in [-0.4, -0.2) is 26.2 Å². The molecule has 104 valence electrons. The average molecular weight is 271 g/mol. The van der Waals surface area contributed by atoms with E-state index < -0.39 is 0 Å². The van der Waals surface area contributed by atoms with Crippen LogP contribution in [0, 0.1) is 0 Å². The molecule has 0 heterocycles. The van der Waals surface area contributed by atoms with Crippen molar-refractivity contribution in [2.24, 2.45) is 0 Å². The summed E-state index contributed by atoms with van der Waals surface area (Å²) in [7, 11) is 1.77. The van der Waals surface area contributed by atoms with Crippen LogP contribution in [0.4, 0.5) is 5.69 Å². The fourth-order valence-electron chi connectivity index (χ4n) is 1.77. The van der Waals surface area contributed by atoms with Gasteiger partial charge in [0.1, 0.15) is 19.0 Å². The zero-order valence-corrected chi connectivity index (χ0v) is 11.3. The molecule has 0 fully saturated rings. The van der Waals surface area contributed by atoms with Crippen molar-refractivity contribution < 1.29 is 14.3 Å². The molecule has 4 heteroatoms. The van der Waals surface area contributed by atoms with Crippen molar-refractivity contribution >= 4 is 11.7 Å². The first-order valence-electron chi connectivity index (χ1n) is 6.43. The van der Waals surface area contributed by atoms with Gasteiger partial charge in [0.15, 0.2) is 0 Å². The van der Waals surface area contributed by atoms with Gasteiger partial charge in [-0.3, -0.25) is 0 Å². The SMILES string of the molecule is CNc1ccccc1C(=O)OCCOc1ccccc1. The third-order valence-electron chi connectivity index (χ3n) is 2.74. The zero-order chi connectivity index (χ0) is 14.2. The standard InChI is InChI=1S/C16H17NO3/c1-17-15-10-6-5-9-14(15)16(18)20-12-11-19-13-7-3-2-4-8-13/h2-10,17H,11-12H2,1H3. The first-order valence-corrected chi connectivity index (χ1v) is 6.43. The summed E-state index contributed by atoms with van der Waals surface area (Å²) in [5, 5.41) is 2.96. The molecule has 0 aliphatic heterocycles. The van der Waals surface area contributed by atoms with E-state index >= 15 is 0 Å². The Morgan fingerprint density at radius 1 is 1.00 bits per heavy atom. The lowest BCUT2D eigenvalue weighted by Gasteiger charge is -2.09. The van der Waals surface area contributed by atoms with Gasteiger partial charge in [-0.25, -0.2) is 4.79 Å².